The van der Waals surface area contributed by atoms with Crippen LogP contribution in [0.2, 0.25) is 0 Å². The minimum Gasteiger partial charge on any atom is -0.480 e. The number of hydrogen-bond donors (Lipinski definition) is 2. The molecule has 3 saturated heterocycles. The van der Waals surface area contributed by atoms with Crippen LogP contribution in [0.15, 0.2) is 0 Å². The summed E-state index contributed by atoms with van der Waals surface area (Å²) in [6.07, 6.45) is 1.78. The van der Waals surface area contributed by atoms with Crippen LogP contribution in [0.4, 0.5) is 0 Å². The van der Waals surface area contributed by atoms with Gasteiger partial charge in [0.1, 0.15) is 5.54 Å². The Kier molecular flexibility index (Phi) is 1.63. The lowest BCUT2D eigenvalue weighted by Crippen LogP contribution is -2.70. The molecule has 2 unspecified atom stereocenters. The quantitative estimate of drug-likeness (QED) is 0.557. The molecule has 0 aromatic rings. The number of carboxylic acid groups (broad SMARTS) is 1. The van der Waals surface area contributed by atoms with E-state index in [9.17, 15) is 4.79 Å². The largest absolute Gasteiger partial charge is 0.480 e. The van der Waals surface area contributed by atoms with Crippen molar-refractivity contribution in [2.45, 2.75) is 24.4 Å². The highest BCUT2D eigenvalue weighted by molar-refractivity contribution is 5.79. The summed E-state index contributed by atoms with van der Waals surface area (Å²) in [6, 6.07) is 0.547. The van der Waals surface area contributed by atoms with Gasteiger partial charge in [0.25, 0.3) is 0 Å². The molecule has 3 rings (SSSR count). The molecule has 2 atom stereocenters. The summed E-state index contributed by atoms with van der Waals surface area (Å²) in [5.74, 6) is -0.701. The van der Waals surface area contributed by atoms with Crippen LogP contribution in [0.5, 0.6) is 0 Å². The van der Waals surface area contributed by atoms with Crippen molar-refractivity contribution in [1.29, 1.82) is 0 Å². The SMILES string of the molecule is CN1CC2(C(=O)O)CCC1CN2. The minimum absolute atomic E-state index is 0.547. The fraction of sp³-hybridized carbons (Fsp3) is 0.875. The first-order valence-electron chi connectivity index (χ1n) is 4.33. The maximum Gasteiger partial charge on any atom is 0.325 e. The summed E-state index contributed by atoms with van der Waals surface area (Å²) in [6.45, 7) is 1.47. The van der Waals surface area contributed by atoms with E-state index in [1.807, 2.05) is 7.05 Å². The standard InChI is InChI=1S/C8H14N2O2/c1-10-5-8(7(11)12)3-2-6(10)4-9-8/h6,9H,2-5H2,1H3,(H,11,12). The van der Waals surface area contributed by atoms with Crippen LogP contribution < -0.4 is 5.32 Å². The lowest BCUT2D eigenvalue weighted by molar-refractivity contribution is -0.151. The molecule has 0 aromatic heterocycles. The zero-order chi connectivity index (χ0) is 8.77. The van der Waals surface area contributed by atoms with E-state index in [1.165, 1.54) is 0 Å². The van der Waals surface area contributed by atoms with Crippen molar-refractivity contribution in [2.24, 2.45) is 0 Å². The maximum absolute atomic E-state index is 11.0. The van der Waals surface area contributed by atoms with Crippen LogP contribution >= 0.6 is 0 Å². The molecular weight excluding hydrogens is 156 g/mol. The molecule has 3 fully saturated rings. The van der Waals surface area contributed by atoms with Gasteiger partial charge < -0.3 is 5.11 Å². The number of fused-ring (bicyclic) bond motifs is 3. The number of carbonyl (C=O) groups is 1. The first kappa shape index (κ1) is 8.01. The smallest absolute Gasteiger partial charge is 0.325 e. The Morgan fingerprint density at radius 2 is 2.50 bits per heavy atom. The predicted octanol–water partition coefficient (Wildman–Crippen LogP) is -0.493. The second kappa shape index (κ2) is 2.44. The molecule has 3 heterocycles. The van der Waals surface area contributed by atoms with Gasteiger partial charge in [-0.3, -0.25) is 15.0 Å². The lowest BCUT2D eigenvalue weighted by Gasteiger charge is -2.49. The second-order valence-corrected chi connectivity index (χ2v) is 3.88. The summed E-state index contributed by atoms with van der Waals surface area (Å²) in [5.41, 5.74) is -0.649. The predicted molar refractivity (Wildman–Crippen MR) is 44.0 cm³/mol. The van der Waals surface area contributed by atoms with E-state index in [2.05, 4.69) is 10.2 Å². The Balaban J connectivity index is 2.21. The highest BCUT2D eigenvalue weighted by Gasteiger charge is 2.48. The van der Waals surface area contributed by atoms with Crippen LogP contribution in [0.3, 0.4) is 0 Å². The zero-order valence-electron chi connectivity index (χ0n) is 7.21. The third-order valence-electron chi connectivity index (χ3n) is 3.13. The monoisotopic (exact) mass is 170 g/mol. The highest BCUT2D eigenvalue weighted by Crippen LogP contribution is 2.29. The van der Waals surface area contributed by atoms with Crippen LogP contribution in [-0.2, 0) is 4.79 Å². The van der Waals surface area contributed by atoms with Gasteiger partial charge in [-0.15, -0.1) is 0 Å². The third-order valence-corrected chi connectivity index (χ3v) is 3.13. The fourth-order valence-electron chi connectivity index (χ4n) is 2.23. The molecule has 12 heavy (non-hydrogen) atoms. The Hall–Kier alpha value is -0.610. The van der Waals surface area contributed by atoms with Crippen molar-refractivity contribution in [1.82, 2.24) is 10.2 Å². The summed E-state index contributed by atoms with van der Waals surface area (Å²) >= 11 is 0. The van der Waals surface area contributed by atoms with E-state index in [0.717, 1.165) is 19.4 Å². The number of nitrogens with zero attached hydrogens (tertiary/aromatic N) is 1. The molecule has 2 N–H and O–H groups in total. The topological polar surface area (TPSA) is 52.6 Å². The lowest BCUT2D eigenvalue weighted by atomic mass is 9.81. The van der Waals surface area contributed by atoms with Gasteiger partial charge in [0.05, 0.1) is 0 Å². The third kappa shape index (κ3) is 0.949. The average Bonchev–Trinajstić information content (AvgIpc) is 2.05. The maximum atomic E-state index is 11.0. The number of aliphatic carboxylic acids is 1. The van der Waals surface area contributed by atoms with Gasteiger partial charge in [-0.2, -0.15) is 0 Å². The Labute approximate surface area is 71.5 Å². The molecule has 0 aliphatic carbocycles. The highest BCUT2D eigenvalue weighted by atomic mass is 16.4. The number of piperidine rings is 2. The summed E-state index contributed by atoms with van der Waals surface area (Å²) in [4.78, 5) is 13.1. The Morgan fingerprint density at radius 1 is 1.75 bits per heavy atom. The molecule has 3 aliphatic heterocycles. The van der Waals surface area contributed by atoms with Gasteiger partial charge in [0.15, 0.2) is 0 Å². The van der Waals surface area contributed by atoms with Crippen molar-refractivity contribution in [3.8, 4) is 0 Å². The molecule has 0 aromatic carbocycles. The molecule has 0 amide bonds. The van der Waals surface area contributed by atoms with Crippen LogP contribution in [0.1, 0.15) is 12.8 Å². The van der Waals surface area contributed by atoms with Gasteiger partial charge in [0, 0.05) is 19.1 Å². The van der Waals surface area contributed by atoms with Gasteiger partial charge in [-0.25, -0.2) is 0 Å². The molecule has 0 spiro atoms. The summed E-state index contributed by atoms with van der Waals surface area (Å²) < 4.78 is 0. The van der Waals surface area contributed by atoms with Crippen LogP contribution in [0, 0.1) is 0 Å². The first-order valence-corrected chi connectivity index (χ1v) is 4.33. The zero-order valence-corrected chi connectivity index (χ0v) is 7.21. The fourth-order valence-corrected chi connectivity index (χ4v) is 2.23. The molecule has 68 valence electrons. The van der Waals surface area contributed by atoms with Crippen molar-refractivity contribution < 1.29 is 9.90 Å². The summed E-state index contributed by atoms with van der Waals surface area (Å²) in [5, 5.41) is 12.2. The molecule has 4 nitrogen and oxygen atoms in total. The van der Waals surface area contributed by atoms with E-state index in [4.69, 9.17) is 5.11 Å². The van der Waals surface area contributed by atoms with Gasteiger partial charge in [-0.05, 0) is 19.9 Å². The van der Waals surface area contributed by atoms with Crippen molar-refractivity contribution >= 4 is 5.97 Å². The minimum atomic E-state index is -0.701. The van der Waals surface area contributed by atoms with Crippen molar-refractivity contribution in [3.05, 3.63) is 0 Å². The Morgan fingerprint density at radius 3 is 2.83 bits per heavy atom. The normalized spacial score (nSPS) is 41.6. The number of nitrogens with one attached hydrogen (secondary N) is 1. The van der Waals surface area contributed by atoms with E-state index in [0.29, 0.717) is 12.6 Å². The van der Waals surface area contributed by atoms with Gasteiger partial charge in [-0.1, -0.05) is 0 Å². The van der Waals surface area contributed by atoms with Gasteiger partial charge >= 0.3 is 5.97 Å². The molecular formula is C8H14N2O2. The Bertz CT molecular complexity index is 209. The number of hydrogen-bond acceptors (Lipinski definition) is 3. The van der Waals surface area contributed by atoms with E-state index in [-0.39, 0.29) is 0 Å². The molecule has 2 bridgehead atoms. The molecule has 0 radical (unpaired) electrons. The summed E-state index contributed by atoms with van der Waals surface area (Å²) in [7, 11) is 2.00. The number of likely N-dealkylation sites (N-methyl/N-ethyl adjacent to an activating group) is 1. The van der Waals surface area contributed by atoms with Crippen LogP contribution in [0.25, 0.3) is 0 Å². The second-order valence-electron chi connectivity index (χ2n) is 3.88. The van der Waals surface area contributed by atoms with E-state index >= 15 is 0 Å². The number of piperazine rings is 1. The van der Waals surface area contributed by atoms with E-state index < -0.39 is 11.5 Å². The van der Waals surface area contributed by atoms with Crippen LogP contribution in [-0.4, -0.2) is 47.7 Å². The molecule has 3 aliphatic rings. The van der Waals surface area contributed by atoms with E-state index in [1.54, 1.807) is 0 Å². The number of carboxylic acids is 1. The van der Waals surface area contributed by atoms with Crippen molar-refractivity contribution in [3.63, 3.8) is 0 Å². The average molecular weight is 170 g/mol. The molecule has 0 saturated carbocycles. The van der Waals surface area contributed by atoms with Gasteiger partial charge in [0.2, 0.25) is 0 Å². The first-order chi connectivity index (χ1) is 5.64. The molecule has 4 heteroatoms. The number of rotatable bonds is 1. The van der Waals surface area contributed by atoms with Crippen molar-refractivity contribution in [2.75, 3.05) is 20.1 Å².